The molecule has 4 rings (SSSR count). The number of imidazole rings is 1. The molecule has 1 N–H and O–H groups in total. The molecule has 1 fully saturated rings. The highest BCUT2D eigenvalue weighted by atomic mass is 19.3. The largest absolute Gasteiger partial charge is 0.497 e. The van der Waals surface area contributed by atoms with Crippen LogP contribution >= 0.6 is 0 Å². The van der Waals surface area contributed by atoms with E-state index in [-0.39, 0.29) is 56.0 Å². The van der Waals surface area contributed by atoms with Crippen LogP contribution in [0.5, 0.6) is 5.75 Å². The summed E-state index contributed by atoms with van der Waals surface area (Å²) in [5.41, 5.74) is 0.931. The van der Waals surface area contributed by atoms with Gasteiger partial charge in [-0.15, -0.1) is 0 Å². The van der Waals surface area contributed by atoms with Crippen LogP contribution in [0.25, 0.3) is 11.2 Å². The predicted molar refractivity (Wildman–Crippen MR) is 128 cm³/mol. The minimum atomic E-state index is -2.66. The fourth-order valence-electron chi connectivity index (χ4n) is 4.55. The van der Waals surface area contributed by atoms with Crippen molar-refractivity contribution >= 4 is 30.4 Å². The minimum absolute atomic E-state index is 0.206. The Morgan fingerprint density at radius 2 is 1.82 bits per heavy atom. The maximum absolute atomic E-state index is 13.7. The third kappa shape index (κ3) is 4.35. The topological polar surface area (TPSA) is 83.1 Å². The van der Waals surface area contributed by atoms with E-state index in [1.807, 2.05) is 13.0 Å². The predicted octanol–water partition coefficient (Wildman–Crippen LogP) is 2.24. The molecular formula is C23H28BF2N5O3. The van der Waals surface area contributed by atoms with E-state index in [0.717, 1.165) is 5.56 Å². The second-order valence-electron chi connectivity index (χ2n) is 8.62. The maximum Gasteiger partial charge on any atom is 0.332 e. The number of anilines is 1. The molecule has 0 atom stereocenters. The molecule has 2 aromatic heterocycles. The van der Waals surface area contributed by atoms with Crippen molar-refractivity contribution in [2.75, 3.05) is 12.4 Å². The Balaban J connectivity index is 1.86. The van der Waals surface area contributed by atoms with Gasteiger partial charge in [-0.25, -0.2) is 13.6 Å². The van der Waals surface area contributed by atoms with Gasteiger partial charge in [0.15, 0.2) is 11.2 Å². The molecule has 2 heterocycles. The van der Waals surface area contributed by atoms with Gasteiger partial charge in [0.2, 0.25) is 11.9 Å². The molecular weight excluding hydrogens is 443 g/mol. The molecule has 11 heteroatoms. The highest BCUT2D eigenvalue weighted by Gasteiger charge is 2.35. The van der Waals surface area contributed by atoms with Gasteiger partial charge in [0.05, 0.1) is 13.7 Å². The first-order chi connectivity index (χ1) is 16.2. The van der Waals surface area contributed by atoms with E-state index in [1.165, 1.54) is 16.2 Å². The Morgan fingerprint density at radius 1 is 1.15 bits per heavy atom. The molecule has 1 aliphatic carbocycles. The number of nitrogens with one attached hydrogen (secondary N) is 1. The van der Waals surface area contributed by atoms with Gasteiger partial charge in [0, 0.05) is 32.0 Å². The summed E-state index contributed by atoms with van der Waals surface area (Å²) in [4.78, 5) is 30.8. The molecule has 180 valence electrons. The van der Waals surface area contributed by atoms with Crippen LogP contribution in [0.3, 0.4) is 0 Å². The van der Waals surface area contributed by atoms with E-state index < -0.39 is 17.2 Å². The number of hydrogen-bond acceptors (Lipinski definition) is 5. The maximum atomic E-state index is 13.7. The summed E-state index contributed by atoms with van der Waals surface area (Å²) in [7, 11) is 7.61. The van der Waals surface area contributed by atoms with Crippen molar-refractivity contribution in [3.63, 3.8) is 0 Å². The van der Waals surface area contributed by atoms with E-state index in [0.29, 0.717) is 23.7 Å². The summed E-state index contributed by atoms with van der Waals surface area (Å²) in [6.45, 7) is 4.34. The number of benzene rings is 1. The molecule has 8 nitrogen and oxygen atoms in total. The van der Waals surface area contributed by atoms with Gasteiger partial charge in [-0.2, -0.15) is 4.98 Å². The van der Waals surface area contributed by atoms with Crippen molar-refractivity contribution in [3.8, 4) is 5.75 Å². The minimum Gasteiger partial charge on any atom is -0.497 e. The summed E-state index contributed by atoms with van der Waals surface area (Å²) >= 11 is 0. The van der Waals surface area contributed by atoms with Crippen LogP contribution in [0.15, 0.2) is 27.8 Å². The van der Waals surface area contributed by atoms with Crippen molar-refractivity contribution in [1.82, 2.24) is 18.7 Å². The Hall–Kier alpha value is -3.11. The first kappa shape index (κ1) is 24.0. The molecule has 3 aromatic rings. The molecule has 34 heavy (non-hydrogen) atoms. The highest BCUT2D eigenvalue weighted by Crippen LogP contribution is 2.34. The van der Waals surface area contributed by atoms with Gasteiger partial charge in [-0.1, -0.05) is 17.6 Å². The molecule has 1 saturated carbocycles. The van der Waals surface area contributed by atoms with Crippen molar-refractivity contribution in [2.45, 2.75) is 71.1 Å². The second kappa shape index (κ2) is 9.27. The van der Waals surface area contributed by atoms with Crippen LogP contribution in [-0.4, -0.2) is 45.6 Å². The molecule has 2 radical (unpaired) electrons. The molecule has 0 aliphatic heterocycles. The van der Waals surface area contributed by atoms with Gasteiger partial charge < -0.3 is 10.1 Å². The normalized spacial score (nSPS) is 16.1. The molecule has 0 saturated heterocycles. The van der Waals surface area contributed by atoms with E-state index in [4.69, 9.17) is 12.6 Å². The Bertz CT molecular complexity index is 1320. The summed E-state index contributed by atoms with van der Waals surface area (Å²) in [6.07, 6.45) is 0.154. The molecule has 0 bridgehead atoms. The number of ether oxygens (including phenoxy) is 1. The zero-order valence-electron chi connectivity index (χ0n) is 19.6. The molecule has 1 aromatic carbocycles. The summed E-state index contributed by atoms with van der Waals surface area (Å²) in [5.74, 6) is -1.75. The SMILES string of the molecule is [B]c1cc(Cn2c(NC3CCC(F)(F)CC3)nc3c2c(=O)n(CC)c(=O)n3CC)ccc1OC. The van der Waals surface area contributed by atoms with Crippen molar-refractivity contribution in [3.05, 3.63) is 44.6 Å². The first-order valence-corrected chi connectivity index (χ1v) is 11.5. The monoisotopic (exact) mass is 471 g/mol. The number of aromatic nitrogens is 4. The Kier molecular flexibility index (Phi) is 6.55. The summed E-state index contributed by atoms with van der Waals surface area (Å²) in [6, 6.07) is 5.11. The van der Waals surface area contributed by atoms with Crippen LogP contribution in [-0.2, 0) is 19.6 Å². The van der Waals surface area contributed by atoms with Crippen LogP contribution in [0.2, 0.25) is 0 Å². The number of alkyl halides is 2. The lowest BCUT2D eigenvalue weighted by molar-refractivity contribution is -0.0361. The van der Waals surface area contributed by atoms with Crippen LogP contribution in [0.4, 0.5) is 14.7 Å². The number of halogens is 2. The molecule has 0 amide bonds. The quantitative estimate of drug-likeness (QED) is 0.535. The van der Waals surface area contributed by atoms with E-state index in [1.54, 1.807) is 23.6 Å². The van der Waals surface area contributed by atoms with Crippen molar-refractivity contribution in [1.29, 1.82) is 0 Å². The van der Waals surface area contributed by atoms with E-state index in [2.05, 4.69) is 10.3 Å². The van der Waals surface area contributed by atoms with Gasteiger partial charge in [-0.05, 0) is 38.3 Å². The Labute approximate surface area is 197 Å². The zero-order chi connectivity index (χ0) is 24.6. The van der Waals surface area contributed by atoms with Crippen LogP contribution in [0.1, 0.15) is 45.1 Å². The number of methoxy groups -OCH3 is 1. The van der Waals surface area contributed by atoms with Gasteiger partial charge in [0.1, 0.15) is 13.6 Å². The number of nitrogens with zero attached hydrogens (tertiary/aromatic N) is 4. The fraction of sp³-hybridized carbons (Fsp3) is 0.522. The van der Waals surface area contributed by atoms with E-state index >= 15 is 0 Å². The van der Waals surface area contributed by atoms with E-state index in [9.17, 15) is 18.4 Å². The van der Waals surface area contributed by atoms with Crippen molar-refractivity contribution in [2.24, 2.45) is 0 Å². The van der Waals surface area contributed by atoms with Gasteiger partial charge >= 0.3 is 5.69 Å². The Morgan fingerprint density at radius 3 is 2.41 bits per heavy atom. The van der Waals surface area contributed by atoms with Gasteiger partial charge in [-0.3, -0.25) is 18.5 Å². The van der Waals surface area contributed by atoms with Crippen molar-refractivity contribution < 1.29 is 13.5 Å². The number of aryl methyl sites for hydroxylation is 1. The first-order valence-electron chi connectivity index (χ1n) is 11.5. The lowest BCUT2D eigenvalue weighted by Crippen LogP contribution is -2.40. The number of hydrogen-bond donors (Lipinski definition) is 1. The average Bonchev–Trinajstić information content (AvgIpc) is 3.13. The highest BCUT2D eigenvalue weighted by molar-refractivity contribution is 6.34. The lowest BCUT2D eigenvalue weighted by atomic mass is 9.92. The molecule has 1 aliphatic rings. The average molecular weight is 471 g/mol. The van der Waals surface area contributed by atoms with Crippen LogP contribution < -0.4 is 26.8 Å². The smallest absolute Gasteiger partial charge is 0.332 e. The van der Waals surface area contributed by atoms with Crippen LogP contribution in [0, 0.1) is 0 Å². The molecule has 0 unspecified atom stereocenters. The summed E-state index contributed by atoms with van der Waals surface area (Å²) < 4.78 is 36.9. The van der Waals surface area contributed by atoms with Gasteiger partial charge in [0.25, 0.3) is 5.56 Å². The summed E-state index contributed by atoms with van der Waals surface area (Å²) in [5, 5.41) is 3.27. The number of fused-ring (bicyclic) bond motifs is 1. The zero-order valence-corrected chi connectivity index (χ0v) is 19.6. The third-order valence-electron chi connectivity index (χ3n) is 6.43. The molecule has 0 spiro atoms. The standard InChI is InChI=1S/C23H28BF2N5O3/c1-4-29-19-18(20(32)30(5-2)22(29)33)31(13-14-6-7-17(34-3)16(24)12-14)21(28-19)27-15-8-10-23(25,26)11-9-15/h6-7,12,15H,4-5,8-11,13H2,1-3H3,(H,27,28). The fourth-order valence-corrected chi connectivity index (χ4v) is 4.55. The lowest BCUT2D eigenvalue weighted by Gasteiger charge is -2.29. The number of rotatable bonds is 7. The third-order valence-corrected chi connectivity index (χ3v) is 6.43. The second-order valence-corrected chi connectivity index (χ2v) is 8.62.